The zero-order chi connectivity index (χ0) is 17.4. The van der Waals surface area contributed by atoms with Crippen LogP contribution in [-0.2, 0) is 5.41 Å². The molecule has 0 radical (unpaired) electrons. The lowest BCUT2D eigenvalue weighted by Crippen LogP contribution is -2.17. The van der Waals surface area contributed by atoms with Gasteiger partial charge in [-0.25, -0.2) is 0 Å². The summed E-state index contributed by atoms with van der Waals surface area (Å²) in [5.41, 5.74) is 5.68. The number of nitrogen functional groups attached to an aromatic ring is 1. The predicted octanol–water partition coefficient (Wildman–Crippen LogP) is 2.37. The van der Waals surface area contributed by atoms with E-state index in [1.54, 1.807) is 18.2 Å². The number of anilines is 1. The molecule has 1 heterocycles. The van der Waals surface area contributed by atoms with E-state index < -0.39 is 5.56 Å². The van der Waals surface area contributed by atoms with Gasteiger partial charge in [0.1, 0.15) is 34.8 Å². The molecule has 4 N–H and O–H groups in total. The molecule has 0 fully saturated rings. The van der Waals surface area contributed by atoms with Gasteiger partial charge in [-0.2, -0.15) is 10.5 Å². The van der Waals surface area contributed by atoms with Gasteiger partial charge < -0.3 is 15.8 Å². The third-order valence-electron chi connectivity index (χ3n) is 3.60. The highest BCUT2D eigenvalue weighted by Gasteiger charge is 2.23. The zero-order valence-corrected chi connectivity index (χ0v) is 13.1. The molecule has 1 aromatic carbocycles. The fraction of sp³-hybridized carbons (Fsp3) is 0.235. The number of hydrogen-bond acceptors (Lipinski definition) is 5. The molecular formula is C17H16N4O2. The van der Waals surface area contributed by atoms with E-state index in [4.69, 9.17) is 5.73 Å². The minimum Gasteiger partial charge on any atom is -0.507 e. The predicted molar refractivity (Wildman–Crippen MR) is 86.7 cm³/mol. The summed E-state index contributed by atoms with van der Waals surface area (Å²) < 4.78 is 0. The average Bonchev–Trinajstić information content (AvgIpc) is 2.46. The Hall–Kier alpha value is -3.25. The number of phenols is 1. The van der Waals surface area contributed by atoms with E-state index in [1.165, 1.54) is 6.07 Å². The van der Waals surface area contributed by atoms with Crippen LogP contribution in [0.3, 0.4) is 0 Å². The standard InChI is InChI=1S/C17H16N4O2/c1-17(2,3)9-4-5-13(22)10(6-9)14-11(7-18)15(20)21-16(23)12(14)8-19/h4-6,22H,1-3H3,(H3,20,21,23). The molecule has 0 aliphatic heterocycles. The van der Waals surface area contributed by atoms with E-state index in [1.807, 2.05) is 26.8 Å². The van der Waals surface area contributed by atoms with E-state index in [0.717, 1.165) is 5.56 Å². The number of rotatable bonds is 1. The Morgan fingerprint density at radius 3 is 2.30 bits per heavy atom. The van der Waals surface area contributed by atoms with Crippen LogP contribution in [0.15, 0.2) is 23.0 Å². The number of hydrogen-bond donors (Lipinski definition) is 3. The zero-order valence-electron chi connectivity index (χ0n) is 13.1. The number of nitrogens with two attached hydrogens (primary N) is 1. The molecule has 0 amide bonds. The van der Waals surface area contributed by atoms with Crippen molar-refractivity contribution in [2.45, 2.75) is 26.2 Å². The van der Waals surface area contributed by atoms with Crippen LogP contribution < -0.4 is 11.3 Å². The summed E-state index contributed by atoms with van der Waals surface area (Å²) in [6.45, 7) is 5.98. The number of aromatic hydroxyl groups is 1. The maximum atomic E-state index is 12.0. The molecule has 2 rings (SSSR count). The highest BCUT2D eigenvalue weighted by atomic mass is 16.3. The van der Waals surface area contributed by atoms with Gasteiger partial charge in [-0.15, -0.1) is 0 Å². The van der Waals surface area contributed by atoms with Crippen LogP contribution in [0, 0.1) is 22.7 Å². The fourth-order valence-electron chi connectivity index (χ4n) is 2.32. The van der Waals surface area contributed by atoms with Crippen LogP contribution in [0.25, 0.3) is 11.1 Å². The average molecular weight is 308 g/mol. The van der Waals surface area contributed by atoms with Gasteiger partial charge in [0.15, 0.2) is 0 Å². The minimum atomic E-state index is -0.695. The molecule has 0 aliphatic rings. The maximum Gasteiger partial charge on any atom is 0.268 e. The lowest BCUT2D eigenvalue weighted by atomic mass is 9.84. The number of aromatic amines is 1. The first-order chi connectivity index (χ1) is 10.7. The van der Waals surface area contributed by atoms with Crippen molar-refractivity contribution in [2.24, 2.45) is 0 Å². The third kappa shape index (κ3) is 2.75. The Balaban J connectivity index is 2.96. The van der Waals surface area contributed by atoms with Gasteiger partial charge in [0.05, 0.1) is 0 Å². The van der Waals surface area contributed by atoms with Crippen LogP contribution in [0.2, 0.25) is 0 Å². The number of H-pyrrole nitrogens is 1. The number of benzene rings is 1. The summed E-state index contributed by atoms with van der Waals surface area (Å²) in [7, 11) is 0. The quantitative estimate of drug-likeness (QED) is 0.745. The summed E-state index contributed by atoms with van der Waals surface area (Å²) in [4.78, 5) is 14.3. The van der Waals surface area contributed by atoms with E-state index >= 15 is 0 Å². The van der Waals surface area contributed by atoms with Gasteiger partial charge in [0, 0.05) is 11.1 Å². The molecule has 0 saturated heterocycles. The second-order valence-corrected chi connectivity index (χ2v) is 6.20. The van der Waals surface area contributed by atoms with Gasteiger partial charge >= 0.3 is 0 Å². The van der Waals surface area contributed by atoms with Crippen molar-refractivity contribution in [1.29, 1.82) is 10.5 Å². The Morgan fingerprint density at radius 1 is 1.17 bits per heavy atom. The molecule has 1 aromatic heterocycles. The SMILES string of the molecule is CC(C)(C)c1ccc(O)c(-c2c(C#N)c(N)[nH]c(=O)c2C#N)c1. The van der Waals surface area contributed by atoms with Crippen molar-refractivity contribution in [2.75, 3.05) is 5.73 Å². The molecule has 23 heavy (non-hydrogen) atoms. The van der Waals surface area contributed by atoms with Crippen molar-refractivity contribution < 1.29 is 5.11 Å². The minimum absolute atomic E-state index is 0.0393. The van der Waals surface area contributed by atoms with Gasteiger partial charge in [0.2, 0.25) is 0 Å². The summed E-state index contributed by atoms with van der Waals surface area (Å²) >= 11 is 0. The molecular weight excluding hydrogens is 292 g/mol. The first-order valence-corrected chi connectivity index (χ1v) is 6.90. The van der Waals surface area contributed by atoms with E-state index in [2.05, 4.69) is 4.98 Å². The Morgan fingerprint density at radius 2 is 1.78 bits per heavy atom. The lowest BCUT2D eigenvalue weighted by molar-refractivity contribution is 0.476. The molecule has 0 spiro atoms. The maximum absolute atomic E-state index is 12.0. The van der Waals surface area contributed by atoms with Crippen LogP contribution in [0.1, 0.15) is 37.5 Å². The molecule has 116 valence electrons. The Kier molecular flexibility index (Phi) is 3.86. The van der Waals surface area contributed by atoms with Crippen molar-refractivity contribution >= 4 is 5.82 Å². The highest BCUT2D eigenvalue weighted by molar-refractivity contribution is 5.83. The molecule has 0 bridgehead atoms. The molecule has 6 nitrogen and oxygen atoms in total. The highest BCUT2D eigenvalue weighted by Crippen LogP contribution is 2.37. The molecule has 2 aromatic rings. The summed E-state index contributed by atoms with van der Waals surface area (Å²) in [5.74, 6) is -0.261. The monoisotopic (exact) mass is 308 g/mol. The van der Waals surface area contributed by atoms with Crippen molar-refractivity contribution in [3.63, 3.8) is 0 Å². The number of nitrogens with one attached hydrogen (secondary N) is 1. The second-order valence-electron chi connectivity index (χ2n) is 6.20. The van der Waals surface area contributed by atoms with Gasteiger partial charge in [-0.3, -0.25) is 4.79 Å². The molecule has 0 unspecified atom stereocenters. The van der Waals surface area contributed by atoms with E-state index in [0.29, 0.717) is 0 Å². The molecule has 0 atom stereocenters. The number of nitrogens with zero attached hydrogens (tertiary/aromatic N) is 2. The summed E-state index contributed by atoms with van der Waals surface area (Å²) in [6.07, 6.45) is 0. The van der Waals surface area contributed by atoms with Crippen LogP contribution >= 0.6 is 0 Å². The van der Waals surface area contributed by atoms with Crippen molar-refractivity contribution in [3.8, 4) is 29.0 Å². The third-order valence-corrected chi connectivity index (χ3v) is 3.60. The van der Waals surface area contributed by atoms with Crippen molar-refractivity contribution in [3.05, 3.63) is 45.2 Å². The van der Waals surface area contributed by atoms with Gasteiger partial charge in [-0.05, 0) is 23.1 Å². The first-order valence-electron chi connectivity index (χ1n) is 6.90. The fourth-order valence-corrected chi connectivity index (χ4v) is 2.32. The number of aromatic nitrogens is 1. The molecule has 0 saturated carbocycles. The number of phenolic OH excluding ortho intramolecular Hbond substituents is 1. The largest absolute Gasteiger partial charge is 0.507 e. The molecule has 0 aliphatic carbocycles. The second kappa shape index (κ2) is 5.51. The summed E-state index contributed by atoms with van der Waals surface area (Å²) in [6, 6.07) is 8.59. The smallest absolute Gasteiger partial charge is 0.268 e. The topological polar surface area (TPSA) is 127 Å². The Labute approximate surface area is 133 Å². The number of nitriles is 2. The van der Waals surface area contributed by atoms with Crippen molar-refractivity contribution in [1.82, 2.24) is 4.98 Å². The van der Waals surface area contributed by atoms with Crippen LogP contribution in [0.4, 0.5) is 5.82 Å². The molecule has 6 heteroatoms. The van der Waals surface area contributed by atoms with Crippen LogP contribution in [0.5, 0.6) is 5.75 Å². The number of pyridine rings is 1. The van der Waals surface area contributed by atoms with Crippen LogP contribution in [-0.4, -0.2) is 10.1 Å². The normalized spacial score (nSPS) is 10.8. The van der Waals surface area contributed by atoms with E-state index in [9.17, 15) is 20.4 Å². The van der Waals surface area contributed by atoms with Gasteiger partial charge in [-0.1, -0.05) is 26.8 Å². The van der Waals surface area contributed by atoms with E-state index in [-0.39, 0.29) is 39.2 Å². The van der Waals surface area contributed by atoms with Gasteiger partial charge in [0.25, 0.3) is 5.56 Å². The lowest BCUT2D eigenvalue weighted by Gasteiger charge is -2.21. The summed E-state index contributed by atoms with van der Waals surface area (Å²) in [5, 5.41) is 28.8. The first kappa shape index (κ1) is 16.1. The Bertz CT molecular complexity index is 922.